The van der Waals surface area contributed by atoms with Gasteiger partial charge in [-0.25, -0.2) is 0 Å². The molecule has 1 aromatic carbocycles. The average Bonchev–Trinajstić information content (AvgIpc) is 2.99. The highest BCUT2D eigenvalue weighted by atomic mass is 16.3. The normalized spacial score (nSPS) is 16.9. The van der Waals surface area contributed by atoms with Crippen LogP contribution in [0.2, 0.25) is 0 Å². The molecular weight excluding hydrogens is 276 g/mol. The van der Waals surface area contributed by atoms with Crippen molar-refractivity contribution < 1.29 is 9.90 Å². The lowest BCUT2D eigenvalue weighted by atomic mass is 10.0. The summed E-state index contributed by atoms with van der Waals surface area (Å²) in [5, 5.41) is 13.1. The van der Waals surface area contributed by atoms with Gasteiger partial charge >= 0.3 is 0 Å². The monoisotopic (exact) mass is 304 g/mol. The van der Waals surface area contributed by atoms with Crippen LogP contribution in [0.4, 0.5) is 0 Å². The van der Waals surface area contributed by atoms with Crippen molar-refractivity contribution >= 4 is 5.91 Å². The Labute approximate surface area is 133 Å². The summed E-state index contributed by atoms with van der Waals surface area (Å²) in [7, 11) is 0. The summed E-state index contributed by atoms with van der Waals surface area (Å²) in [6.45, 7) is 7.87. The summed E-state index contributed by atoms with van der Waals surface area (Å²) in [5.41, 5.74) is 1.22. The van der Waals surface area contributed by atoms with Gasteiger partial charge in [-0.05, 0) is 49.9 Å². The molecule has 4 nitrogen and oxygen atoms in total. The Kier molecular flexibility index (Phi) is 5.98. The Morgan fingerprint density at radius 2 is 1.68 bits per heavy atom. The van der Waals surface area contributed by atoms with Crippen molar-refractivity contribution in [3.05, 3.63) is 35.4 Å². The highest BCUT2D eigenvalue weighted by Gasteiger charge is 2.38. The van der Waals surface area contributed by atoms with E-state index >= 15 is 0 Å². The fourth-order valence-corrected chi connectivity index (χ4v) is 3.00. The van der Waals surface area contributed by atoms with Gasteiger partial charge in [-0.3, -0.25) is 9.69 Å². The maximum atomic E-state index is 12.1. The summed E-state index contributed by atoms with van der Waals surface area (Å²) in [6.07, 6.45) is 3.04. The molecule has 1 aliphatic carbocycles. The molecule has 22 heavy (non-hydrogen) atoms. The molecule has 2 N–H and O–H groups in total. The third kappa shape index (κ3) is 4.31. The van der Waals surface area contributed by atoms with Crippen LogP contribution in [-0.4, -0.2) is 34.6 Å². The van der Waals surface area contributed by atoms with Gasteiger partial charge in [-0.1, -0.05) is 38.1 Å². The van der Waals surface area contributed by atoms with Crippen molar-refractivity contribution in [3.63, 3.8) is 0 Å². The van der Waals surface area contributed by atoms with E-state index in [1.54, 1.807) is 0 Å². The molecule has 0 spiro atoms. The molecule has 0 aromatic heterocycles. The lowest BCUT2D eigenvalue weighted by Gasteiger charge is -2.21. The van der Waals surface area contributed by atoms with E-state index in [9.17, 15) is 9.90 Å². The van der Waals surface area contributed by atoms with Gasteiger partial charge < -0.3 is 10.4 Å². The van der Waals surface area contributed by atoms with Gasteiger partial charge in [0, 0.05) is 13.1 Å². The molecular formula is C18H28N2O2. The summed E-state index contributed by atoms with van der Waals surface area (Å²) in [6, 6.07) is 8.34. The lowest BCUT2D eigenvalue weighted by molar-refractivity contribution is -0.139. The first-order valence-corrected chi connectivity index (χ1v) is 8.38. The first-order chi connectivity index (χ1) is 10.6. The number of nitrogens with zero attached hydrogens (tertiary/aromatic N) is 1. The van der Waals surface area contributed by atoms with E-state index in [1.165, 1.54) is 5.56 Å². The molecule has 1 amide bonds. The second-order valence-electron chi connectivity index (χ2n) is 6.20. The van der Waals surface area contributed by atoms with Crippen LogP contribution >= 0.6 is 0 Å². The molecule has 1 fully saturated rings. The Hall–Kier alpha value is -1.39. The molecule has 0 bridgehead atoms. The van der Waals surface area contributed by atoms with Gasteiger partial charge in [-0.15, -0.1) is 0 Å². The van der Waals surface area contributed by atoms with Crippen molar-refractivity contribution in [1.29, 1.82) is 0 Å². The maximum Gasteiger partial charge on any atom is 0.252 e. The highest BCUT2D eigenvalue weighted by Crippen LogP contribution is 2.29. The average molecular weight is 304 g/mol. The first kappa shape index (κ1) is 17.0. The zero-order valence-electron chi connectivity index (χ0n) is 13.8. The summed E-state index contributed by atoms with van der Waals surface area (Å²) in [4.78, 5) is 14.4. The third-order valence-corrected chi connectivity index (χ3v) is 4.63. The van der Waals surface area contributed by atoms with E-state index in [2.05, 4.69) is 48.3 Å². The van der Waals surface area contributed by atoms with Crippen molar-refractivity contribution in [2.45, 2.75) is 58.2 Å². The van der Waals surface area contributed by atoms with Gasteiger partial charge in [0.1, 0.15) is 5.60 Å². The quantitative estimate of drug-likeness (QED) is 0.813. The molecule has 0 aliphatic heterocycles. The van der Waals surface area contributed by atoms with Gasteiger partial charge in [-0.2, -0.15) is 0 Å². The molecule has 1 aromatic rings. The second-order valence-corrected chi connectivity index (χ2v) is 6.20. The largest absolute Gasteiger partial charge is 0.380 e. The first-order valence-electron chi connectivity index (χ1n) is 8.38. The number of aliphatic hydroxyl groups is 1. The van der Waals surface area contributed by atoms with Crippen molar-refractivity contribution in [3.8, 4) is 0 Å². The van der Waals surface area contributed by atoms with Crippen LogP contribution in [0.3, 0.4) is 0 Å². The number of carbonyl (C=O) groups is 1. The Morgan fingerprint density at radius 3 is 2.23 bits per heavy atom. The van der Waals surface area contributed by atoms with E-state index in [-0.39, 0.29) is 5.91 Å². The fraction of sp³-hybridized carbons (Fsp3) is 0.611. The summed E-state index contributed by atoms with van der Waals surface area (Å²) >= 11 is 0. The molecule has 0 heterocycles. The second kappa shape index (κ2) is 7.75. The van der Waals surface area contributed by atoms with E-state index in [1.807, 2.05) is 0 Å². The molecule has 0 radical (unpaired) electrons. The van der Waals surface area contributed by atoms with Crippen LogP contribution in [0.15, 0.2) is 24.3 Å². The van der Waals surface area contributed by atoms with Crippen LogP contribution in [0.1, 0.15) is 50.7 Å². The van der Waals surface area contributed by atoms with Crippen LogP contribution in [-0.2, 0) is 17.9 Å². The molecule has 122 valence electrons. The zero-order valence-corrected chi connectivity index (χ0v) is 13.8. The predicted molar refractivity (Wildman–Crippen MR) is 88.3 cm³/mol. The molecule has 1 aliphatic rings. The molecule has 2 rings (SSSR count). The van der Waals surface area contributed by atoms with Crippen molar-refractivity contribution in [2.24, 2.45) is 0 Å². The number of hydrogen-bond acceptors (Lipinski definition) is 3. The van der Waals surface area contributed by atoms with Crippen molar-refractivity contribution in [2.75, 3.05) is 13.1 Å². The van der Waals surface area contributed by atoms with E-state index in [0.717, 1.165) is 38.0 Å². The number of rotatable bonds is 7. The number of benzene rings is 1. The fourth-order valence-electron chi connectivity index (χ4n) is 3.00. The van der Waals surface area contributed by atoms with E-state index in [4.69, 9.17) is 0 Å². The molecule has 4 heteroatoms. The topological polar surface area (TPSA) is 52.6 Å². The van der Waals surface area contributed by atoms with Crippen LogP contribution < -0.4 is 5.32 Å². The molecule has 1 saturated carbocycles. The van der Waals surface area contributed by atoms with Crippen LogP contribution in [0.5, 0.6) is 0 Å². The predicted octanol–water partition coefficient (Wildman–Crippen LogP) is 2.45. The molecule has 0 unspecified atom stereocenters. The minimum Gasteiger partial charge on any atom is -0.380 e. The Balaban J connectivity index is 1.85. The van der Waals surface area contributed by atoms with Crippen molar-refractivity contribution in [1.82, 2.24) is 10.2 Å². The standard InChI is InChI=1S/C18H28N2O2/c1-3-20(4-2)14-16-9-7-15(8-10-16)13-19-17(21)18(22)11-5-6-12-18/h7-10,22H,3-6,11-14H2,1-2H3,(H,19,21). The number of amides is 1. The van der Waals surface area contributed by atoms with Gasteiger partial charge in [0.25, 0.3) is 5.91 Å². The number of nitrogens with one attached hydrogen (secondary N) is 1. The van der Waals surface area contributed by atoms with Gasteiger partial charge in [0.05, 0.1) is 0 Å². The van der Waals surface area contributed by atoms with Crippen LogP contribution in [0.25, 0.3) is 0 Å². The smallest absolute Gasteiger partial charge is 0.252 e. The van der Waals surface area contributed by atoms with Gasteiger partial charge in [0.15, 0.2) is 0 Å². The van der Waals surface area contributed by atoms with E-state index < -0.39 is 5.60 Å². The Morgan fingerprint density at radius 1 is 1.14 bits per heavy atom. The highest BCUT2D eigenvalue weighted by molar-refractivity contribution is 5.85. The Bertz CT molecular complexity index is 474. The third-order valence-electron chi connectivity index (χ3n) is 4.63. The maximum absolute atomic E-state index is 12.1. The summed E-state index contributed by atoms with van der Waals surface area (Å²) in [5.74, 6) is -0.225. The minimum atomic E-state index is -1.14. The van der Waals surface area contributed by atoms with Crippen LogP contribution in [0, 0.1) is 0 Å². The molecule has 0 atom stereocenters. The SMILES string of the molecule is CCN(CC)Cc1ccc(CNC(=O)C2(O)CCCC2)cc1. The van der Waals surface area contributed by atoms with E-state index in [0.29, 0.717) is 19.4 Å². The lowest BCUT2D eigenvalue weighted by Crippen LogP contribution is -2.44. The zero-order chi connectivity index (χ0) is 16.0. The number of hydrogen-bond donors (Lipinski definition) is 2. The summed E-state index contributed by atoms with van der Waals surface area (Å²) < 4.78 is 0. The minimum absolute atomic E-state index is 0.225. The van der Waals surface area contributed by atoms with Gasteiger partial charge in [0.2, 0.25) is 0 Å². The molecule has 0 saturated heterocycles. The number of carbonyl (C=O) groups excluding carboxylic acids is 1.